The molecule has 0 aliphatic carbocycles. The van der Waals surface area contributed by atoms with Gasteiger partial charge >= 0.3 is 0 Å². The lowest BCUT2D eigenvalue weighted by Crippen LogP contribution is -2.04. The minimum absolute atomic E-state index is 0.557. The van der Waals surface area contributed by atoms with Crippen LogP contribution in [0.4, 0.5) is 17.5 Å². The van der Waals surface area contributed by atoms with Crippen LogP contribution < -0.4 is 15.4 Å². The fraction of sp³-hybridized carbons (Fsp3) is 0.200. The summed E-state index contributed by atoms with van der Waals surface area (Å²) in [5, 5.41) is 6.45. The van der Waals surface area contributed by atoms with Crippen LogP contribution in [0.3, 0.4) is 0 Å². The van der Waals surface area contributed by atoms with Gasteiger partial charge in [0.15, 0.2) is 0 Å². The molecule has 3 aromatic rings. The highest BCUT2D eigenvalue weighted by atomic mass is 16.5. The third-order valence-corrected chi connectivity index (χ3v) is 3.57. The molecule has 2 N–H and O–H groups in total. The van der Waals surface area contributed by atoms with E-state index in [4.69, 9.17) is 4.74 Å². The van der Waals surface area contributed by atoms with E-state index in [0.717, 1.165) is 35.8 Å². The Labute approximate surface area is 148 Å². The highest BCUT2D eigenvalue weighted by molar-refractivity contribution is 5.55. The van der Waals surface area contributed by atoms with Crippen molar-refractivity contribution in [3.63, 3.8) is 0 Å². The molecule has 0 bridgehead atoms. The van der Waals surface area contributed by atoms with Crippen LogP contribution in [0.2, 0.25) is 0 Å². The van der Waals surface area contributed by atoms with Crippen molar-refractivity contribution < 1.29 is 4.74 Å². The van der Waals surface area contributed by atoms with Crippen molar-refractivity contribution in [2.45, 2.75) is 20.0 Å². The quantitative estimate of drug-likeness (QED) is 0.629. The van der Waals surface area contributed by atoms with E-state index in [9.17, 15) is 0 Å². The number of rotatable bonds is 8. The summed E-state index contributed by atoms with van der Waals surface area (Å²) < 4.78 is 5.79. The monoisotopic (exact) mass is 334 g/mol. The predicted octanol–water partition coefficient (Wildman–Crippen LogP) is 4.62. The highest BCUT2D eigenvalue weighted by Crippen LogP contribution is 2.19. The molecule has 0 atom stereocenters. The van der Waals surface area contributed by atoms with E-state index < -0.39 is 0 Å². The van der Waals surface area contributed by atoms with Crippen molar-refractivity contribution in [3.8, 4) is 5.75 Å². The fourth-order valence-corrected chi connectivity index (χ4v) is 2.27. The normalized spacial score (nSPS) is 10.3. The molecular formula is C20H22N4O. The largest absolute Gasteiger partial charge is 0.489 e. The molecule has 0 aliphatic rings. The molecule has 0 saturated heterocycles. The van der Waals surface area contributed by atoms with Crippen molar-refractivity contribution in [1.29, 1.82) is 0 Å². The lowest BCUT2D eigenvalue weighted by molar-refractivity contribution is 0.306. The van der Waals surface area contributed by atoms with Gasteiger partial charge in [-0.3, -0.25) is 0 Å². The standard InChI is InChI=1S/C20H22N4O/c1-2-13-21-19-12-14-22-20(24-19)23-17-8-10-18(11-9-17)25-15-16-6-4-3-5-7-16/h3-12,14H,2,13,15H2,1H3,(H2,21,22,23,24). The molecule has 3 rings (SSSR count). The summed E-state index contributed by atoms with van der Waals surface area (Å²) in [6.45, 7) is 3.57. The number of hydrogen-bond acceptors (Lipinski definition) is 5. The molecule has 1 heterocycles. The first-order valence-electron chi connectivity index (χ1n) is 8.44. The van der Waals surface area contributed by atoms with Crippen molar-refractivity contribution >= 4 is 17.5 Å². The zero-order valence-corrected chi connectivity index (χ0v) is 14.3. The summed E-state index contributed by atoms with van der Waals surface area (Å²) in [4.78, 5) is 8.69. The van der Waals surface area contributed by atoms with Crippen molar-refractivity contribution in [3.05, 3.63) is 72.4 Å². The SMILES string of the molecule is CCCNc1ccnc(Nc2ccc(OCc3ccccc3)cc2)n1. The minimum Gasteiger partial charge on any atom is -0.489 e. The van der Waals surface area contributed by atoms with Gasteiger partial charge in [-0.05, 0) is 42.3 Å². The van der Waals surface area contributed by atoms with Crippen molar-refractivity contribution in [1.82, 2.24) is 9.97 Å². The Balaban J connectivity index is 1.57. The summed E-state index contributed by atoms with van der Waals surface area (Å²) >= 11 is 0. The van der Waals surface area contributed by atoms with Gasteiger partial charge in [-0.2, -0.15) is 4.98 Å². The number of anilines is 3. The van der Waals surface area contributed by atoms with E-state index in [0.29, 0.717) is 12.6 Å². The average molecular weight is 334 g/mol. The van der Waals surface area contributed by atoms with E-state index in [1.54, 1.807) is 6.20 Å². The maximum atomic E-state index is 5.79. The summed E-state index contributed by atoms with van der Waals surface area (Å²) in [6.07, 6.45) is 2.79. The Bertz CT molecular complexity index is 775. The van der Waals surface area contributed by atoms with Gasteiger partial charge in [-0.15, -0.1) is 0 Å². The van der Waals surface area contributed by atoms with Gasteiger partial charge in [0.2, 0.25) is 5.95 Å². The molecule has 0 aliphatic heterocycles. The first-order chi connectivity index (χ1) is 12.3. The number of ether oxygens (including phenoxy) is 1. The molecule has 1 aromatic heterocycles. The zero-order valence-electron chi connectivity index (χ0n) is 14.3. The molecule has 128 valence electrons. The molecule has 25 heavy (non-hydrogen) atoms. The van der Waals surface area contributed by atoms with Gasteiger partial charge in [0.1, 0.15) is 18.2 Å². The molecule has 0 fully saturated rings. The Hall–Kier alpha value is -3.08. The fourth-order valence-electron chi connectivity index (χ4n) is 2.27. The number of aromatic nitrogens is 2. The number of hydrogen-bond donors (Lipinski definition) is 2. The van der Waals surface area contributed by atoms with Crippen LogP contribution in [-0.4, -0.2) is 16.5 Å². The van der Waals surface area contributed by atoms with E-state index in [1.807, 2.05) is 60.7 Å². The Morgan fingerprint density at radius 3 is 2.52 bits per heavy atom. The zero-order chi connectivity index (χ0) is 17.3. The number of nitrogens with zero attached hydrogens (tertiary/aromatic N) is 2. The first-order valence-corrected chi connectivity index (χ1v) is 8.44. The van der Waals surface area contributed by atoms with Crippen molar-refractivity contribution in [2.24, 2.45) is 0 Å². The molecule has 5 nitrogen and oxygen atoms in total. The third kappa shape index (κ3) is 5.21. The minimum atomic E-state index is 0.557. The summed E-state index contributed by atoms with van der Waals surface area (Å²) in [7, 11) is 0. The van der Waals surface area contributed by atoms with Crippen LogP contribution in [0.5, 0.6) is 5.75 Å². The predicted molar refractivity (Wildman–Crippen MR) is 101 cm³/mol. The Kier molecular flexibility index (Phi) is 5.82. The molecule has 0 radical (unpaired) electrons. The van der Waals surface area contributed by atoms with E-state index in [2.05, 4.69) is 27.5 Å². The molecule has 5 heteroatoms. The van der Waals surface area contributed by atoms with Crippen LogP contribution >= 0.6 is 0 Å². The van der Waals surface area contributed by atoms with Gasteiger partial charge in [-0.25, -0.2) is 4.98 Å². The molecule has 0 amide bonds. The van der Waals surface area contributed by atoms with Gasteiger partial charge in [0.05, 0.1) is 0 Å². The lowest BCUT2D eigenvalue weighted by atomic mass is 10.2. The molecular weight excluding hydrogens is 312 g/mol. The molecule has 0 spiro atoms. The average Bonchev–Trinajstić information content (AvgIpc) is 2.67. The topological polar surface area (TPSA) is 59.1 Å². The molecule has 2 aromatic carbocycles. The summed E-state index contributed by atoms with van der Waals surface area (Å²) in [6, 6.07) is 19.8. The Morgan fingerprint density at radius 2 is 1.76 bits per heavy atom. The number of benzene rings is 2. The third-order valence-electron chi connectivity index (χ3n) is 3.57. The molecule has 0 saturated carbocycles. The van der Waals surface area contributed by atoms with E-state index in [1.165, 1.54) is 0 Å². The van der Waals surface area contributed by atoms with Crippen LogP contribution in [0, 0.1) is 0 Å². The van der Waals surface area contributed by atoms with Gasteiger partial charge < -0.3 is 15.4 Å². The molecule has 0 unspecified atom stereocenters. The van der Waals surface area contributed by atoms with Crippen LogP contribution in [0.25, 0.3) is 0 Å². The Morgan fingerprint density at radius 1 is 0.960 bits per heavy atom. The van der Waals surface area contributed by atoms with Crippen molar-refractivity contribution in [2.75, 3.05) is 17.2 Å². The maximum Gasteiger partial charge on any atom is 0.229 e. The maximum absolute atomic E-state index is 5.79. The summed E-state index contributed by atoms with van der Waals surface area (Å²) in [5.74, 6) is 2.22. The van der Waals surface area contributed by atoms with E-state index in [-0.39, 0.29) is 0 Å². The van der Waals surface area contributed by atoms with Gasteiger partial charge in [0.25, 0.3) is 0 Å². The smallest absolute Gasteiger partial charge is 0.229 e. The summed E-state index contributed by atoms with van der Waals surface area (Å²) in [5.41, 5.74) is 2.06. The first kappa shape index (κ1) is 16.8. The van der Waals surface area contributed by atoms with Gasteiger partial charge in [-0.1, -0.05) is 37.3 Å². The van der Waals surface area contributed by atoms with E-state index >= 15 is 0 Å². The van der Waals surface area contributed by atoms with Crippen LogP contribution in [0.1, 0.15) is 18.9 Å². The highest BCUT2D eigenvalue weighted by Gasteiger charge is 2.01. The second kappa shape index (κ2) is 8.68. The van der Waals surface area contributed by atoms with Crippen LogP contribution in [0.15, 0.2) is 66.9 Å². The van der Waals surface area contributed by atoms with Crippen LogP contribution in [-0.2, 0) is 6.61 Å². The second-order valence-corrected chi connectivity index (χ2v) is 5.62. The second-order valence-electron chi connectivity index (χ2n) is 5.62. The lowest BCUT2D eigenvalue weighted by Gasteiger charge is -2.09. The van der Waals surface area contributed by atoms with Gasteiger partial charge in [0, 0.05) is 18.4 Å². The number of nitrogens with one attached hydrogen (secondary N) is 2.